The minimum atomic E-state index is 0.518. The predicted octanol–water partition coefficient (Wildman–Crippen LogP) is 2.76. The van der Waals surface area contributed by atoms with Gasteiger partial charge in [0.1, 0.15) is 0 Å². The van der Waals surface area contributed by atoms with E-state index in [1.165, 1.54) is 5.56 Å². The molecule has 0 saturated carbocycles. The van der Waals surface area contributed by atoms with E-state index in [9.17, 15) is 0 Å². The lowest BCUT2D eigenvalue weighted by molar-refractivity contribution is 0.315. The zero-order valence-electron chi connectivity index (χ0n) is 9.03. The molecule has 1 aromatic rings. The van der Waals surface area contributed by atoms with Gasteiger partial charge in [-0.2, -0.15) is 0 Å². The molecule has 2 nitrogen and oxygen atoms in total. The van der Waals surface area contributed by atoms with Crippen molar-refractivity contribution in [2.45, 2.75) is 18.8 Å². The molecule has 86 valence electrons. The molecule has 0 radical (unpaired) electrons. The van der Waals surface area contributed by atoms with Gasteiger partial charge in [-0.05, 0) is 48.7 Å². The van der Waals surface area contributed by atoms with E-state index < -0.39 is 0 Å². The third-order valence-electron chi connectivity index (χ3n) is 3.13. The smallest absolute Gasteiger partial charge is 0.166 e. The van der Waals surface area contributed by atoms with Gasteiger partial charge in [-0.3, -0.25) is 0 Å². The van der Waals surface area contributed by atoms with Crippen LogP contribution in [0.5, 0.6) is 0 Å². The highest BCUT2D eigenvalue weighted by molar-refractivity contribution is 7.80. The number of rotatable bonds is 1. The summed E-state index contributed by atoms with van der Waals surface area (Å²) in [5.74, 6) is 0.587. The van der Waals surface area contributed by atoms with Gasteiger partial charge in [-0.25, -0.2) is 0 Å². The average Bonchev–Trinajstić information content (AvgIpc) is 2.29. The van der Waals surface area contributed by atoms with Crippen LogP contribution in [-0.4, -0.2) is 23.1 Å². The molecule has 2 rings (SSSR count). The van der Waals surface area contributed by atoms with E-state index in [0.29, 0.717) is 11.0 Å². The van der Waals surface area contributed by atoms with Gasteiger partial charge >= 0.3 is 0 Å². The molecule has 4 heteroatoms. The number of hydrogen-bond acceptors (Lipinski definition) is 1. The van der Waals surface area contributed by atoms with Crippen molar-refractivity contribution in [2.75, 3.05) is 13.1 Å². The van der Waals surface area contributed by atoms with Crippen molar-refractivity contribution in [2.24, 2.45) is 5.73 Å². The topological polar surface area (TPSA) is 29.3 Å². The Labute approximate surface area is 106 Å². The second-order valence-electron chi connectivity index (χ2n) is 4.15. The van der Waals surface area contributed by atoms with Crippen molar-refractivity contribution in [1.82, 2.24) is 4.90 Å². The monoisotopic (exact) mass is 254 g/mol. The summed E-state index contributed by atoms with van der Waals surface area (Å²) in [5.41, 5.74) is 6.94. The lowest BCUT2D eigenvalue weighted by atomic mass is 9.90. The maximum absolute atomic E-state index is 5.99. The van der Waals surface area contributed by atoms with Crippen LogP contribution in [0.15, 0.2) is 24.3 Å². The Hall–Kier alpha value is -0.800. The van der Waals surface area contributed by atoms with Gasteiger partial charge in [0.05, 0.1) is 0 Å². The Balaban J connectivity index is 2.01. The third kappa shape index (κ3) is 2.66. The van der Waals surface area contributed by atoms with Crippen molar-refractivity contribution in [3.63, 3.8) is 0 Å². The van der Waals surface area contributed by atoms with Crippen LogP contribution in [0.25, 0.3) is 0 Å². The van der Waals surface area contributed by atoms with Crippen LogP contribution in [0.1, 0.15) is 24.3 Å². The van der Waals surface area contributed by atoms with E-state index in [0.717, 1.165) is 31.0 Å². The van der Waals surface area contributed by atoms with Gasteiger partial charge < -0.3 is 10.6 Å². The van der Waals surface area contributed by atoms with Gasteiger partial charge in [0, 0.05) is 18.1 Å². The largest absolute Gasteiger partial charge is 0.376 e. The SMILES string of the molecule is NC(=S)N1CCC(c2cccc(Cl)c2)CC1. The van der Waals surface area contributed by atoms with E-state index in [1.54, 1.807) is 0 Å². The fourth-order valence-corrected chi connectivity index (χ4v) is 2.58. The Kier molecular flexibility index (Phi) is 3.66. The lowest BCUT2D eigenvalue weighted by Gasteiger charge is -2.32. The molecule has 16 heavy (non-hydrogen) atoms. The number of hydrogen-bond donors (Lipinski definition) is 1. The first-order valence-corrected chi connectivity index (χ1v) is 6.25. The summed E-state index contributed by atoms with van der Waals surface area (Å²) in [4.78, 5) is 2.07. The Morgan fingerprint density at radius 1 is 1.38 bits per heavy atom. The molecule has 0 unspecified atom stereocenters. The maximum atomic E-state index is 5.99. The summed E-state index contributed by atoms with van der Waals surface area (Å²) in [5, 5.41) is 1.33. The van der Waals surface area contributed by atoms with Crippen LogP contribution < -0.4 is 5.73 Å². The molecule has 1 aromatic carbocycles. The normalized spacial score (nSPS) is 17.4. The van der Waals surface area contributed by atoms with Gasteiger partial charge in [-0.1, -0.05) is 23.7 Å². The van der Waals surface area contributed by atoms with Crippen LogP contribution >= 0.6 is 23.8 Å². The fraction of sp³-hybridized carbons (Fsp3) is 0.417. The number of nitrogens with two attached hydrogens (primary N) is 1. The minimum absolute atomic E-state index is 0.518. The number of halogens is 1. The van der Waals surface area contributed by atoms with Gasteiger partial charge in [0.15, 0.2) is 5.11 Å². The van der Waals surface area contributed by atoms with Crippen molar-refractivity contribution in [1.29, 1.82) is 0 Å². The molecular formula is C12H15ClN2S. The van der Waals surface area contributed by atoms with Gasteiger partial charge in [0.25, 0.3) is 0 Å². The molecule has 1 saturated heterocycles. The predicted molar refractivity (Wildman–Crippen MR) is 71.8 cm³/mol. The quantitative estimate of drug-likeness (QED) is 0.782. The summed E-state index contributed by atoms with van der Waals surface area (Å²) in [6, 6.07) is 8.13. The first kappa shape index (κ1) is 11.7. The van der Waals surface area contributed by atoms with Crippen molar-refractivity contribution in [3.8, 4) is 0 Å². The zero-order chi connectivity index (χ0) is 11.5. The van der Waals surface area contributed by atoms with Crippen molar-refractivity contribution >= 4 is 28.9 Å². The van der Waals surface area contributed by atoms with E-state index in [4.69, 9.17) is 29.6 Å². The third-order valence-corrected chi connectivity index (χ3v) is 3.62. The highest BCUT2D eigenvalue weighted by atomic mass is 35.5. The molecule has 1 fully saturated rings. The first-order chi connectivity index (χ1) is 7.66. The molecule has 1 heterocycles. The minimum Gasteiger partial charge on any atom is -0.376 e. The summed E-state index contributed by atoms with van der Waals surface area (Å²) >= 11 is 11.0. The number of likely N-dealkylation sites (tertiary alicyclic amines) is 1. The summed E-state index contributed by atoms with van der Waals surface area (Å²) in [6.45, 7) is 1.90. The average molecular weight is 255 g/mol. The van der Waals surface area contributed by atoms with E-state index in [-0.39, 0.29) is 0 Å². The van der Waals surface area contributed by atoms with Crippen molar-refractivity contribution in [3.05, 3.63) is 34.9 Å². The van der Waals surface area contributed by atoms with Crippen LogP contribution in [0.2, 0.25) is 5.02 Å². The van der Waals surface area contributed by atoms with Crippen LogP contribution in [0.3, 0.4) is 0 Å². The second kappa shape index (κ2) is 5.02. The molecule has 0 amide bonds. The number of thiocarbonyl (C=S) groups is 1. The molecule has 2 N–H and O–H groups in total. The molecule has 0 aliphatic carbocycles. The summed E-state index contributed by atoms with van der Waals surface area (Å²) < 4.78 is 0. The van der Waals surface area contributed by atoms with Gasteiger partial charge in [0.2, 0.25) is 0 Å². The fourth-order valence-electron chi connectivity index (χ4n) is 2.19. The molecule has 1 aliphatic rings. The van der Waals surface area contributed by atoms with Crippen LogP contribution in [-0.2, 0) is 0 Å². The molecule has 0 atom stereocenters. The summed E-state index contributed by atoms with van der Waals surface area (Å²) in [7, 11) is 0. The molecule has 0 bridgehead atoms. The van der Waals surface area contributed by atoms with Crippen LogP contribution in [0.4, 0.5) is 0 Å². The molecular weight excluding hydrogens is 240 g/mol. The number of piperidine rings is 1. The Morgan fingerprint density at radius 2 is 2.06 bits per heavy atom. The van der Waals surface area contributed by atoms with Gasteiger partial charge in [-0.15, -0.1) is 0 Å². The molecule has 0 aromatic heterocycles. The summed E-state index contributed by atoms with van der Waals surface area (Å²) in [6.07, 6.45) is 2.19. The number of nitrogens with zero attached hydrogens (tertiary/aromatic N) is 1. The van der Waals surface area contributed by atoms with E-state index >= 15 is 0 Å². The highest BCUT2D eigenvalue weighted by Gasteiger charge is 2.20. The molecule has 0 spiro atoms. The van der Waals surface area contributed by atoms with E-state index in [2.05, 4.69) is 17.0 Å². The Bertz CT molecular complexity index is 386. The number of benzene rings is 1. The second-order valence-corrected chi connectivity index (χ2v) is 5.01. The zero-order valence-corrected chi connectivity index (χ0v) is 10.6. The lowest BCUT2D eigenvalue weighted by Crippen LogP contribution is -2.40. The highest BCUT2D eigenvalue weighted by Crippen LogP contribution is 2.29. The standard InChI is InChI=1S/C12H15ClN2S/c13-11-3-1-2-10(8-11)9-4-6-15(7-5-9)12(14)16/h1-3,8-9H,4-7H2,(H2,14,16). The maximum Gasteiger partial charge on any atom is 0.166 e. The Morgan fingerprint density at radius 3 is 2.62 bits per heavy atom. The first-order valence-electron chi connectivity index (χ1n) is 5.46. The van der Waals surface area contributed by atoms with E-state index in [1.807, 2.05) is 12.1 Å². The van der Waals surface area contributed by atoms with Crippen LogP contribution in [0, 0.1) is 0 Å². The van der Waals surface area contributed by atoms with Crippen molar-refractivity contribution < 1.29 is 0 Å². The molecule has 1 aliphatic heterocycles.